The molecule has 0 fully saturated rings. The number of imidazole rings is 1. The molecule has 3 rings (SSSR count). The maximum Gasteiger partial charge on any atom is 0.417 e. The number of aromatic nitrogens is 3. The topological polar surface area (TPSA) is 59.3 Å². The Hall–Kier alpha value is -2.97. The van der Waals surface area contributed by atoms with Gasteiger partial charge in [0.1, 0.15) is 23.0 Å². The average molecular weight is 366 g/mol. The van der Waals surface area contributed by atoms with Gasteiger partial charge < -0.3 is 5.32 Å². The third kappa shape index (κ3) is 3.51. The van der Waals surface area contributed by atoms with E-state index in [4.69, 9.17) is 0 Å². The second kappa shape index (κ2) is 6.74. The number of aryl methyl sites for hydroxylation is 1. The third-order valence-corrected chi connectivity index (χ3v) is 3.69. The van der Waals surface area contributed by atoms with Crippen molar-refractivity contribution in [1.29, 1.82) is 0 Å². The summed E-state index contributed by atoms with van der Waals surface area (Å²) >= 11 is 0. The van der Waals surface area contributed by atoms with Gasteiger partial charge in [-0.25, -0.2) is 14.4 Å². The Morgan fingerprint density at radius 2 is 2.00 bits per heavy atom. The fraction of sp³-hybridized carbons (Fsp3) is 0.235. The first-order chi connectivity index (χ1) is 12.3. The van der Waals surface area contributed by atoms with Gasteiger partial charge in [-0.1, -0.05) is 13.3 Å². The molecule has 9 heteroatoms. The quantitative estimate of drug-likeness (QED) is 0.708. The van der Waals surface area contributed by atoms with Gasteiger partial charge in [0.25, 0.3) is 5.91 Å². The Labute approximate surface area is 145 Å². The van der Waals surface area contributed by atoms with Crippen molar-refractivity contribution in [3.8, 4) is 0 Å². The van der Waals surface area contributed by atoms with Crippen molar-refractivity contribution < 1.29 is 22.4 Å². The van der Waals surface area contributed by atoms with E-state index in [0.717, 1.165) is 28.9 Å². The van der Waals surface area contributed by atoms with Gasteiger partial charge in [0.05, 0.1) is 17.5 Å². The number of alkyl halides is 3. The molecule has 0 atom stereocenters. The lowest BCUT2D eigenvalue weighted by Gasteiger charge is -2.09. The summed E-state index contributed by atoms with van der Waals surface area (Å²) in [6, 6.07) is 4.51. The minimum absolute atomic E-state index is 0.000856. The number of hydrogen-bond acceptors (Lipinski definition) is 3. The van der Waals surface area contributed by atoms with Gasteiger partial charge in [0.2, 0.25) is 0 Å². The molecule has 0 unspecified atom stereocenters. The minimum Gasteiger partial charge on any atom is -0.305 e. The lowest BCUT2D eigenvalue weighted by atomic mass is 10.2. The molecule has 0 aliphatic carbocycles. The maximum absolute atomic E-state index is 13.0. The zero-order chi connectivity index (χ0) is 18.9. The van der Waals surface area contributed by atoms with Gasteiger partial charge in [-0.15, -0.1) is 0 Å². The first kappa shape index (κ1) is 17.8. The number of pyridine rings is 2. The Balaban J connectivity index is 2.07. The van der Waals surface area contributed by atoms with Crippen LogP contribution < -0.4 is 5.32 Å². The molecule has 1 N–H and O–H groups in total. The first-order valence-electron chi connectivity index (χ1n) is 7.80. The monoisotopic (exact) mass is 366 g/mol. The van der Waals surface area contributed by atoms with E-state index in [1.54, 1.807) is 0 Å². The molecule has 0 radical (unpaired) electrons. The molecule has 3 aromatic rings. The predicted molar refractivity (Wildman–Crippen MR) is 86.3 cm³/mol. The largest absolute Gasteiger partial charge is 0.417 e. The number of amides is 1. The van der Waals surface area contributed by atoms with Crippen LogP contribution in [0.15, 0.2) is 36.7 Å². The molecule has 3 aromatic heterocycles. The van der Waals surface area contributed by atoms with Crippen molar-refractivity contribution in [3.63, 3.8) is 0 Å². The van der Waals surface area contributed by atoms with Crippen LogP contribution in [0, 0.1) is 5.82 Å². The van der Waals surface area contributed by atoms with Crippen molar-refractivity contribution in [2.75, 3.05) is 5.32 Å². The Kier molecular flexibility index (Phi) is 4.62. The van der Waals surface area contributed by atoms with E-state index in [1.165, 1.54) is 12.1 Å². The second-order valence-corrected chi connectivity index (χ2v) is 5.62. The van der Waals surface area contributed by atoms with Gasteiger partial charge in [-0.05, 0) is 30.7 Å². The van der Waals surface area contributed by atoms with E-state index in [-0.39, 0.29) is 17.2 Å². The Morgan fingerprint density at radius 3 is 2.62 bits per heavy atom. The lowest BCUT2D eigenvalue weighted by molar-refractivity contribution is -0.137. The number of anilines is 1. The summed E-state index contributed by atoms with van der Waals surface area (Å²) in [7, 11) is 0. The summed E-state index contributed by atoms with van der Waals surface area (Å²) in [6.45, 7) is 1.87. The Morgan fingerprint density at radius 1 is 1.23 bits per heavy atom. The van der Waals surface area contributed by atoms with E-state index in [1.807, 2.05) is 6.92 Å². The van der Waals surface area contributed by atoms with Crippen LogP contribution in [0.5, 0.6) is 0 Å². The number of carbonyl (C=O) groups excluding carboxylic acids is 1. The van der Waals surface area contributed by atoms with Crippen LogP contribution in [0.25, 0.3) is 5.65 Å². The zero-order valence-corrected chi connectivity index (χ0v) is 13.6. The molecule has 0 aliphatic heterocycles. The average Bonchev–Trinajstić information content (AvgIpc) is 2.93. The normalized spacial score (nSPS) is 11.7. The number of nitrogens with one attached hydrogen (secondary N) is 1. The molecular formula is C17H14F4N4O. The number of fused-ring (bicyclic) bond motifs is 1. The van der Waals surface area contributed by atoms with Crippen LogP contribution in [0.4, 0.5) is 23.4 Å². The van der Waals surface area contributed by atoms with Gasteiger partial charge in [-0.3, -0.25) is 9.20 Å². The molecule has 0 saturated carbocycles. The Bertz CT molecular complexity index is 948. The third-order valence-electron chi connectivity index (χ3n) is 3.69. The van der Waals surface area contributed by atoms with Crippen molar-refractivity contribution in [3.05, 3.63) is 59.4 Å². The number of hydrogen-bond donors (Lipinski definition) is 1. The fourth-order valence-corrected chi connectivity index (χ4v) is 2.54. The number of rotatable bonds is 4. The first-order valence-corrected chi connectivity index (χ1v) is 7.80. The van der Waals surface area contributed by atoms with Crippen molar-refractivity contribution in [2.45, 2.75) is 25.9 Å². The summed E-state index contributed by atoms with van der Waals surface area (Å²) in [6.07, 6.45) is -1.70. The molecule has 0 aliphatic rings. The number of halogens is 4. The van der Waals surface area contributed by atoms with Gasteiger partial charge in [0.15, 0.2) is 0 Å². The predicted octanol–water partition coefficient (Wildman–Crippen LogP) is 4.09. The molecule has 0 spiro atoms. The van der Waals surface area contributed by atoms with Crippen LogP contribution in [0.1, 0.15) is 35.1 Å². The smallest absolute Gasteiger partial charge is 0.305 e. The van der Waals surface area contributed by atoms with Crippen molar-refractivity contribution >= 4 is 17.4 Å². The lowest BCUT2D eigenvalue weighted by Crippen LogP contribution is -2.18. The van der Waals surface area contributed by atoms with Crippen LogP contribution in [-0.4, -0.2) is 20.3 Å². The minimum atomic E-state index is -4.55. The van der Waals surface area contributed by atoms with Crippen LogP contribution in [0.2, 0.25) is 0 Å². The van der Waals surface area contributed by atoms with Crippen molar-refractivity contribution in [1.82, 2.24) is 14.4 Å². The van der Waals surface area contributed by atoms with Gasteiger partial charge >= 0.3 is 6.18 Å². The molecule has 5 nitrogen and oxygen atoms in total. The molecule has 0 bridgehead atoms. The molecule has 0 aromatic carbocycles. The van der Waals surface area contributed by atoms with E-state index in [9.17, 15) is 22.4 Å². The molecule has 0 saturated heterocycles. The van der Waals surface area contributed by atoms with Crippen molar-refractivity contribution in [2.24, 2.45) is 0 Å². The maximum atomic E-state index is 13.0. The SMILES string of the molecule is CCCc1nc2ccc(C(F)(F)F)cn2c1C(=O)Nc1ccc(F)cn1. The van der Waals surface area contributed by atoms with E-state index in [2.05, 4.69) is 15.3 Å². The second-order valence-electron chi connectivity index (χ2n) is 5.62. The standard InChI is InChI=1S/C17H14F4N4O/c1-2-3-12-15(16(26)24-13-6-5-11(18)8-22-13)25-9-10(17(19,20)21)4-7-14(25)23-12/h4-9H,2-3H2,1H3,(H,22,24,26). The molecule has 26 heavy (non-hydrogen) atoms. The highest BCUT2D eigenvalue weighted by molar-refractivity contribution is 6.04. The van der Waals surface area contributed by atoms with Crippen LogP contribution in [0.3, 0.4) is 0 Å². The summed E-state index contributed by atoms with van der Waals surface area (Å²) in [4.78, 5) is 20.6. The molecule has 136 valence electrons. The van der Waals surface area contributed by atoms with Gasteiger partial charge in [-0.2, -0.15) is 13.2 Å². The summed E-state index contributed by atoms with van der Waals surface area (Å²) in [5.74, 6) is -1.15. The molecule has 3 heterocycles. The van der Waals surface area contributed by atoms with Crippen LogP contribution in [-0.2, 0) is 12.6 Å². The van der Waals surface area contributed by atoms with E-state index < -0.39 is 23.5 Å². The van der Waals surface area contributed by atoms with Crippen LogP contribution >= 0.6 is 0 Å². The summed E-state index contributed by atoms with van der Waals surface area (Å²) in [5.41, 5.74) is -0.274. The highest BCUT2D eigenvalue weighted by Crippen LogP contribution is 2.30. The van der Waals surface area contributed by atoms with E-state index >= 15 is 0 Å². The fourth-order valence-electron chi connectivity index (χ4n) is 2.54. The molecule has 1 amide bonds. The number of nitrogens with zero attached hydrogens (tertiary/aromatic N) is 3. The summed E-state index contributed by atoms with van der Waals surface area (Å²) < 4.78 is 53.1. The molecular weight excluding hydrogens is 352 g/mol. The van der Waals surface area contributed by atoms with E-state index in [0.29, 0.717) is 18.5 Å². The highest BCUT2D eigenvalue weighted by Gasteiger charge is 2.32. The zero-order valence-electron chi connectivity index (χ0n) is 13.6. The highest BCUT2D eigenvalue weighted by atomic mass is 19.4. The van der Waals surface area contributed by atoms with Gasteiger partial charge in [0, 0.05) is 6.20 Å². The summed E-state index contributed by atoms with van der Waals surface area (Å²) in [5, 5.41) is 2.46. The number of carbonyl (C=O) groups is 1.